The van der Waals surface area contributed by atoms with Crippen molar-refractivity contribution in [3.05, 3.63) is 65.5 Å². The number of ether oxygens (including phenoxy) is 1. The number of nitrogens with one attached hydrogen (secondary N) is 1. The second kappa shape index (κ2) is 8.49. The number of aromatic nitrogens is 2. The van der Waals surface area contributed by atoms with Crippen LogP contribution in [0.5, 0.6) is 5.75 Å². The zero-order valence-electron chi connectivity index (χ0n) is 15.7. The van der Waals surface area contributed by atoms with E-state index in [-0.39, 0.29) is 12.5 Å². The second-order valence-corrected chi connectivity index (χ2v) is 6.38. The van der Waals surface area contributed by atoms with Gasteiger partial charge < -0.3 is 14.6 Å². The van der Waals surface area contributed by atoms with E-state index in [9.17, 15) is 4.79 Å². The molecule has 0 spiro atoms. The van der Waals surface area contributed by atoms with Gasteiger partial charge in [-0.25, -0.2) is 0 Å². The molecule has 2 aromatic carbocycles. The van der Waals surface area contributed by atoms with Gasteiger partial charge in [-0.3, -0.25) is 4.79 Å². The molecule has 6 nitrogen and oxygen atoms in total. The van der Waals surface area contributed by atoms with Crippen molar-refractivity contribution in [3.63, 3.8) is 0 Å². The molecule has 1 unspecified atom stereocenters. The predicted octanol–water partition coefficient (Wildman–Crippen LogP) is 3.83. The van der Waals surface area contributed by atoms with Crippen molar-refractivity contribution in [1.82, 2.24) is 15.5 Å². The Balaban J connectivity index is 1.60. The Kier molecular flexibility index (Phi) is 5.86. The second-order valence-electron chi connectivity index (χ2n) is 6.38. The molecular weight excluding hydrogens is 342 g/mol. The number of hydrogen-bond acceptors (Lipinski definition) is 5. The third kappa shape index (κ3) is 4.73. The highest BCUT2D eigenvalue weighted by atomic mass is 16.5. The van der Waals surface area contributed by atoms with Crippen LogP contribution in [0, 0.1) is 13.8 Å². The van der Waals surface area contributed by atoms with Gasteiger partial charge in [0.15, 0.2) is 6.10 Å². The lowest BCUT2D eigenvalue weighted by Gasteiger charge is -2.18. The molecule has 0 fully saturated rings. The fourth-order valence-electron chi connectivity index (χ4n) is 2.71. The van der Waals surface area contributed by atoms with Crippen molar-refractivity contribution in [2.75, 3.05) is 0 Å². The van der Waals surface area contributed by atoms with Crippen LogP contribution in [0.2, 0.25) is 0 Å². The minimum atomic E-state index is -0.581. The highest BCUT2D eigenvalue weighted by Crippen LogP contribution is 2.21. The number of hydrogen-bond donors (Lipinski definition) is 1. The fourth-order valence-corrected chi connectivity index (χ4v) is 2.71. The van der Waals surface area contributed by atoms with Crippen LogP contribution in [0.1, 0.15) is 30.4 Å². The minimum absolute atomic E-state index is 0.158. The number of rotatable bonds is 7. The average Bonchev–Trinajstić information content (AvgIpc) is 3.15. The molecule has 0 radical (unpaired) electrons. The number of carbonyl (C=O) groups excluding carboxylic acids is 1. The first-order chi connectivity index (χ1) is 13.1. The average molecular weight is 365 g/mol. The zero-order valence-corrected chi connectivity index (χ0v) is 15.7. The molecule has 1 amide bonds. The number of amides is 1. The van der Waals surface area contributed by atoms with Crippen LogP contribution < -0.4 is 10.1 Å². The topological polar surface area (TPSA) is 77.2 Å². The quantitative estimate of drug-likeness (QED) is 0.688. The molecule has 0 saturated heterocycles. The molecule has 140 valence electrons. The van der Waals surface area contributed by atoms with E-state index in [2.05, 4.69) is 15.5 Å². The Morgan fingerprint density at radius 1 is 1.19 bits per heavy atom. The Morgan fingerprint density at radius 2 is 1.96 bits per heavy atom. The maximum Gasteiger partial charge on any atom is 0.261 e. The summed E-state index contributed by atoms with van der Waals surface area (Å²) in [7, 11) is 0. The maximum absolute atomic E-state index is 12.5. The lowest BCUT2D eigenvalue weighted by molar-refractivity contribution is -0.128. The van der Waals surface area contributed by atoms with E-state index >= 15 is 0 Å². The number of carbonyl (C=O) groups is 1. The number of aryl methyl sites for hydroxylation is 2. The van der Waals surface area contributed by atoms with Gasteiger partial charge in [0.2, 0.25) is 11.7 Å². The van der Waals surface area contributed by atoms with Crippen molar-refractivity contribution in [2.24, 2.45) is 0 Å². The van der Waals surface area contributed by atoms with Crippen LogP contribution in [0.4, 0.5) is 0 Å². The molecule has 0 aliphatic carbocycles. The third-order valence-electron chi connectivity index (χ3n) is 4.18. The Labute approximate surface area is 158 Å². The lowest BCUT2D eigenvalue weighted by atomic mass is 10.1. The van der Waals surface area contributed by atoms with Gasteiger partial charge >= 0.3 is 0 Å². The normalized spacial score (nSPS) is 11.8. The van der Waals surface area contributed by atoms with Gasteiger partial charge in [-0.2, -0.15) is 4.98 Å². The summed E-state index contributed by atoms with van der Waals surface area (Å²) in [4.78, 5) is 16.8. The molecule has 0 saturated carbocycles. The Morgan fingerprint density at radius 3 is 2.67 bits per heavy atom. The van der Waals surface area contributed by atoms with Gasteiger partial charge in [-0.15, -0.1) is 0 Å². The smallest absolute Gasteiger partial charge is 0.261 e. The van der Waals surface area contributed by atoms with E-state index in [0.717, 1.165) is 16.7 Å². The summed E-state index contributed by atoms with van der Waals surface area (Å²) in [6.07, 6.45) is -0.0268. The van der Waals surface area contributed by atoms with Gasteiger partial charge in [0.05, 0.1) is 6.54 Å². The zero-order chi connectivity index (χ0) is 19.2. The van der Waals surface area contributed by atoms with E-state index in [1.807, 2.05) is 69.3 Å². The molecule has 3 rings (SSSR count). The fraction of sp³-hybridized carbons (Fsp3) is 0.286. The first-order valence-electron chi connectivity index (χ1n) is 8.96. The van der Waals surface area contributed by atoms with Crippen molar-refractivity contribution in [2.45, 2.75) is 39.8 Å². The van der Waals surface area contributed by atoms with Gasteiger partial charge in [-0.05, 0) is 31.9 Å². The van der Waals surface area contributed by atoms with Crippen molar-refractivity contribution in [3.8, 4) is 17.1 Å². The first kappa shape index (κ1) is 18.6. The van der Waals surface area contributed by atoms with E-state index in [4.69, 9.17) is 9.26 Å². The van der Waals surface area contributed by atoms with Gasteiger partial charge in [-0.1, -0.05) is 60.1 Å². The molecule has 6 heteroatoms. The molecular formula is C21H23N3O3. The molecule has 0 aliphatic rings. The molecule has 0 bridgehead atoms. The van der Waals surface area contributed by atoms with Gasteiger partial charge in [0.1, 0.15) is 5.75 Å². The van der Waals surface area contributed by atoms with Crippen molar-refractivity contribution < 1.29 is 14.1 Å². The van der Waals surface area contributed by atoms with Crippen LogP contribution in [0.15, 0.2) is 53.1 Å². The summed E-state index contributed by atoms with van der Waals surface area (Å²) in [5, 5.41) is 6.75. The maximum atomic E-state index is 12.5. The van der Waals surface area contributed by atoms with Gasteiger partial charge in [0.25, 0.3) is 5.91 Å². The van der Waals surface area contributed by atoms with Crippen LogP contribution in [0.3, 0.4) is 0 Å². The van der Waals surface area contributed by atoms with E-state index in [1.54, 1.807) is 0 Å². The minimum Gasteiger partial charge on any atom is -0.480 e. The van der Waals surface area contributed by atoms with Crippen molar-refractivity contribution >= 4 is 5.91 Å². The highest BCUT2D eigenvalue weighted by Gasteiger charge is 2.20. The molecule has 3 aromatic rings. The summed E-state index contributed by atoms with van der Waals surface area (Å²) in [5.74, 6) is 1.35. The Hall–Kier alpha value is -3.15. The number of benzene rings is 2. The lowest BCUT2D eigenvalue weighted by Crippen LogP contribution is -2.37. The largest absolute Gasteiger partial charge is 0.480 e. The van der Waals surface area contributed by atoms with Crippen LogP contribution in [-0.2, 0) is 11.3 Å². The van der Waals surface area contributed by atoms with E-state index < -0.39 is 6.10 Å². The third-order valence-corrected chi connectivity index (χ3v) is 4.18. The standard InChI is InChI=1S/C21H23N3O3/c1-4-17(26-18-11-10-14(2)12-15(18)3)21(25)22-13-19-23-20(24-27-19)16-8-6-5-7-9-16/h5-12,17H,4,13H2,1-3H3,(H,22,25). The summed E-state index contributed by atoms with van der Waals surface area (Å²) < 4.78 is 11.1. The van der Waals surface area contributed by atoms with Crippen LogP contribution in [-0.4, -0.2) is 22.2 Å². The molecule has 1 N–H and O–H groups in total. The van der Waals surface area contributed by atoms with E-state index in [0.29, 0.717) is 23.9 Å². The molecule has 1 atom stereocenters. The van der Waals surface area contributed by atoms with E-state index in [1.165, 1.54) is 0 Å². The molecule has 27 heavy (non-hydrogen) atoms. The summed E-state index contributed by atoms with van der Waals surface area (Å²) >= 11 is 0. The Bertz CT molecular complexity index is 906. The van der Waals surface area contributed by atoms with Crippen LogP contribution >= 0.6 is 0 Å². The monoisotopic (exact) mass is 365 g/mol. The highest BCUT2D eigenvalue weighted by molar-refractivity contribution is 5.81. The summed E-state index contributed by atoms with van der Waals surface area (Å²) in [6.45, 7) is 6.06. The summed E-state index contributed by atoms with van der Waals surface area (Å²) in [6, 6.07) is 15.4. The first-order valence-corrected chi connectivity index (χ1v) is 8.96. The van der Waals surface area contributed by atoms with Crippen LogP contribution in [0.25, 0.3) is 11.4 Å². The molecule has 1 aromatic heterocycles. The SMILES string of the molecule is CCC(Oc1ccc(C)cc1C)C(=O)NCc1nc(-c2ccccc2)no1. The molecule has 0 aliphatic heterocycles. The molecule has 1 heterocycles. The predicted molar refractivity (Wildman–Crippen MR) is 102 cm³/mol. The number of nitrogens with zero attached hydrogens (tertiary/aromatic N) is 2. The summed E-state index contributed by atoms with van der Waals surface area (Å²) in [5.41, 5.74) is 3.03. The van der Waals surface area contributed by atoms with Gasteiger partial charge in [0, 0.05) is 5.56 Å². The van der Waals surface area contributed by atoms with Crippen molar-refractivity contribution in [1.29, 1.82) is 0 Å².